The largest absolute Gasteiger partial charge is 0.452 e. The highest BCUT2D eigenvalue weighted by Crippen LogP contribution is 2.21. The van der Waals surface area contributed by atoms with Gasteiger partial charge in [-0.2, -0.15) is 10.1 Å². The van der Waals surface area contributed by atoms with Crippen molar-refractivity contribution in [1.82, 2.24) is 24.7 Å². The van der Waals surface area contributed by atoms with Gasteiger partial charge in [0.2, 0.25) is 5.82 Å². The molecule has 4 aromatic rings. The lowest BCUT2D eigenvalue weighted by Gasteiger charge is -2.00. The molecule has 0 aliphatic rings. The predicted molar refractivity (Wildman–Crippen MR) is 94.3 cm³/mol. The maximum atomic E-state index is 12.4. The van der Waals surface area contributed by atoms with Crippen molar-refractivity contribution in [2.75, 3.05) is 0 Å². The first-order valence-corrected chi connectivity index (χ1v) is 8.47. The van der Waals surface area contributed by atoms with Crippen molar-refractivity contribution in [3.63, 3.8) is 0 Å². The lowest BCUT2D eigenvalue weighted by atomic mass is 10.2. The molecule has 3 aromatic heterocycles. The Bertz CT molecular complexity index is 1100. The molecule has 0 saturated heterocycles. The predicted octanol–water partition coefficient (Wildman–Crippen LogP) is 3.21. The van der Waals surface area contributed by atoms with Gasteiger partial charge in [-0.25, -0.2) is 14.3 Å². The van der Waals surface area contributed by atoms with E-state index < -0.39 is 5.97 Å². The van der Waals surface area contributed by atoms with Crippen LogP contribution in [-0.2, 0) is 11.3 Å². The van der Waals surface area contributed by atoms with E-state index in [0.717, 1.165) is 10.0 Å². The number of benzene rings is 1. The highest BCUT2D eigenvalue weighted by molar-refractivity contribution is 9.10. The average molecular weight is 414 g/mol. The minimum Gasteiger partial charge on any atom is -0.452 e. The SMILES string of the molecule is Cc1nn2cccnc2c1C(=O)OCc1nc(-c2cccc(Br)c2)no1. The maximum absolute atomic E-state index is 12.4. The second-order valence-corrected chi connectivity index (χ2v) is 6.36. The van der Waals surface area contributed by atoms with Crippen LogP contribution in [0.5, 0.6) is 0 Å². The van der Waals surface area contributed by atoms with Crippen LogP contribution in [0.2, 0.25) is 0 Å². The molecule has 4 rings (SSSR count). The molecule has 8 nitrogen and oxygen atoms in total. The van der Waals surface area contributed by atoms with Gasteiger partial charge in [-0.3, -0.25) is 0 Å². The number of carbonyl (C=O) groups excluding carboxylic acids is 1. The van der Waals surface area contributed by atoms with Gasteiger partial charge in [0.05, 0.1) is 5.69 Å². The van der Waals surface area contributed by atoms with Crippen LogP contribution in [-0.4, -0.2) is 30.7 Å². The Morgan fingerprint density at radius 2 is 2.23 bits per heavy atom. The van der Waals surface area contributed by atoms with Crippen LogP contribution in [0.25, 0.3) is 17.0 Å². The van der Waals surface area contributed by atoms with E-state index in [9.17, 15) is 4.79 Å². The van der Waals surface area contributed by atoms with Gasteiger partial charge >= 0.3 is 5.97 Å². The van der Waals surface area contributed by atoms with Gasteiger partial charge in [-0.1, -0.05) is 33.2 Å². The summed E-state index contributed by atoms with van der Waals surface area (Å²) in [6, 6.07) is 9.24. The number of hydrogen-bond donors (Lipinski definition) is 0. The molecule has 0 amide bonds. The van der Waals surface area contributed by atoms with Crippen molar-refractivity contribution < 1.29 is 14.1 Å². The molecule has 9 heteroatoms. The van der Waals surface area contributed by atoms with Gasteiger partial charge < -0.3 is 9.26 Å². The number of carbonyl (C=O) groups is 1. The van der Waals surface area contributed by atoms with E-state index in [1.807, 2.05) is 24.3 Å². The molecule has 1 aromatic carbocycles. The Labute approximate surface area is 155 Å². The Hall–Kier alpha value is -3.07. The van der Waals surface area contributed by atoms with Gasteiger partial charge in [0.15, 0.2) is 12.3 Å². The Balaban J connectivity index is 1.51. The topological polar surface area (TPSA) is 95.4 Å². The summed E-state index contributed by atoms with van der Waals surface area (Å²) in [6.45, 7) is 1.59. The quantitative estimate of drug-likeness (QED) is 0.473. The highest BCUT2D eigenvalue weighted by Gasteiger charge is 2.20. The fourth-order valence-corrected chi connectivity index (χ4v) is 2.89. The molecule has 130 valence electrons. The van der Waals surface area contributed by atoms with Crippen molar-refractivity contribution >= 4 is 27.5 Å². The summed E-state index contributed by atoms with van der Waals surface area (Å²) in [5.41, 5.74) is 2.09. The number of hydrogen-bond acceptors (Lipinski definition) is 7. The van der Waals surface area contributed by atoms with E-state index in [-0.39, 0.29) is 12.5 Å². The molecule has 0 spiro atoms. The van der Waals surface area contributed by atoms with Crippen LogP contribution in [0.4, 0.5) is 0 Å². The van der Waals surface area contributed by atoms with Crippen molar-refractivity contribution in [1.29, 1.82) is 0 Å². The number of fused-ring (bicyclic) bond motifs is 1. The third-order valence-electron chi connectivity index (χ3n) is 3.65. The van der Waals surface area contributed by atoms with Crippen molar-refractivity contribution in [2.45, 2.75) is 13.5 Å². The van der Waals surface area contributed by atoms with E-state index in [4.69, 9.17) is 9.26 Å². The van der Waals surface area contributed by atoms with E-state index in [0.29, 0.717) is 22.7 Å². The zero-order chi connectivity index (χ0) is 18.1. The summed E-state index contributed by atoms with van der Waals surface area (Å²) < 4.78 is 12.9. The number of esters is 1. The van der Waals surface area contributed by atoms with Crippen LogP contribution >= 0.6 is 15.9 Å². The first-order chi connectivity index (χ1) is 12.6. The molecule has 0 aliphatic heterocycles. The Morgan fingerprint density at radius 1 is 1.35 bits per heavy atom. The van der Waals surface area contributed by atoms with Gasteiger partial charge in [0.25, 0.3) is 5.89 Å². The van der Waals surface area contributed by atoms with Crippen molar-refractivity contribution in [3.8, 4) is 11.4 Å². The fraction of sp³-hybridized carbons (Fsp3) is 0.118. The molecule has 0 saturated carbocycles. The Morgan fingerprint density at radius 3 is 3.08 bits per heavy atom. The summed E-state index contributed by atoms with van der Waals surface area (Å²) in [5.74, 6) is 0.0833. The molecular formula is C17H12BrN5O3. The number of halogens is 1. The zero-order valence-electron chi connectivity index (χ0n) is 13.6. The number of aromatic nitrogens is 5. The van der Waals surface area contributed by atoms with Gasteiger partial charge in [0.1, 0.15) is 5.56 Å². The Kier molecular flexibility index (Phi) is 4.21. The third-order valence-corrected chi connectivity index (χ3v) is 4.15. The summed E-state index contributed by atoms with van der Waals surface area (Å²) in [5, 5.41) is 8.15. The molecule has 3 heterocycles. The van der Waals surface area contributed by atoms with Crippen LogP contribution in [0.3, 0.4) is 0 Å². The number of nitrogens with zero attached hydrogens (tertiary/aromatic N) is 5. The van der Waals surface area contributed by atoms with E-state index >= 15 is 0 Å². The van der Waals surface area contributed by atoms with Crippen LogP contribution < -0.4 is 0 Å². The standard InChI is InChI=1S/C17H12BrN5O3/c1-10-14(16-19-6-3-7-23(16)21-10)17(24)25-9-13-20-15(22-26-13)11-4-2-5-12(18)8-11/h2-8H,9H2,1H3. The molecule has 0 radical (unpaired) electrons. The molecule has 26 heavy (non-hydrogen) atoms. The summed E-state index contributed by atoms with van der Waals surface area (Å²) in [7, 11) is 0. The highest BCUT2D eigenvalue weighted by atomic mass is 79.9. The monoisotopic (exact) mass is 413 g/mol. The smallest absolute Gasteiger partial charge is 0.344 e. The molecule has 0 unspecified atom stereocenters. The molecule has 0 bridgehead atoms. The molecular weight excluding hydrogens is 402 g/mol. The molecule has 0 N–H and O–H groups in total. The van der Waals surface area contributed by atoms with Crippen LogP contribution in [0.1, 0.15) is 21.9 Å². The normalized spacial score (nSPS) is 11.0. The van der Waals surface area contributed by atoms with Gasteiger partial charge in [-0.05, 0) is 25.1 Å². The van der Waals surface area contributed by atoms with Gasteiger partial charge in [-0.15, -0.1) is 0 Å². The summed E-state index contributed by atoms with van der Waals surface area (Å²) in [4.78, 5) is 20.8. The average Bonchev–Trinajstić information content (AvgIpc) is 3.23. The molecule has 0 atom stereocenters. The molecule has 0 aliphatic carbocycles. The summed E-state index contributed by atoms with van der Waals surface area (Å²) >= 11 is 3.40. The first-order valence-electron chi connectivity index (χ1n) is 7.67. The summed E-state index contributed by atoms with van der Waals surface area (Å²) in [6.07, 6.45) is 3.31. The second-order valence-electron chi connectivity index (χ2n) is 5.45. The maximum Gasteiger partial charge on any atom is 0.344 e. The lowest BCUT2D eigenvalue weighted by molar-refractivity contribution is 0.0431. The van der Waals surface area contributed by atoms with E-state index in [1.165, 1.54) is 4.52 Å². The van der Waals surface area contributed by atoms with Crippen molar-refractivity contribution in [2.24, 2.45) is 0 Å². The van der Waals surface area contributed by atoms with Crippen LogP contribution in [0.15, 0.2) is 51.7 Å². The lowest BCUT2D eigenvalue weighted by Crippen LogP contribution is -2.07. The van der Waals surface area contributed by atoms with Crippen LogP contribution in [0, 0.1) is 6.92 Å². The zero-order valence-corrected chi connectivity index (χ0v) is 15.2. The third kappa shape index (κ3) is 3.08. The molecule has 0 fully saturated rings. The first kappa shape index (κ1) is 16.4. The number of rotatable bonds is 4. The second kappa shape index (κ2) is 6.68. The fourth-order valence-electron chi connectivity index (χ4n) is 2.49. The van der Waals surface area contributed by atoms with E-state index in [1.54, 1.807) is 25.4 Å². The van der Waals surface area contributed by atoms with Gasteiger partial charge in [0, 0.05) is 22.4 Å². The minimum atomic E-state index is -0.543. The van der Waals surface area contributed by atoms with Crippen molar-refractivity contribution in [3.05, 3.63) is 64.3 Å². The number of aryl methyl sites for hydroxylation is 1. The minimum absolute atomic E-state index is 0.135. The van der Waals surface area contributed by atoms with E-state index in [2.05, 4.69) is 36.2 Å². The number of ether oxygens (including phenoxy) is 1.